The van der Waals surface area contributed by atoms with Crippen molar-refractivity contribution in [2.24, 2.45) is 16.2 Å². The minimum absolute atomic E-state index is 0.00379. The van der Waals surface area contributed by atoms with Gasteiger partial charge in [0.15, 0.2) is 33.0 Å². The van der Waals surface area contributed by atoms with E-state index in [1.807, 2.05) is 104 Å². The van der Waals surface area contributed by atoms with Crippen LogP contribution in [0, 0.1) is 16.2 Å². The van der Waals surface area contributed by atoms with Crippen LogP contribution in [-0.4, -0.2) is 129 Å². The van der Waals surface area contributed by atoms with Crippen LogP contribution in [-0.2, 0) is 70.0 Å². The number of carbonyl (C=O) groups is 7. The molecule has 3 saturated heterocycles. The molecule has 6 aliphatic rings. The van der Waals surface area contributed by atoms with Gasteiger partial charge in [0.05, 0.1) is 84.1 Å². The fourth-order valence-electron chi connectivity index (χ4n) is 14.2. The van der Waals surface area contributed by atoms with Gasteiger partial charge in [0.1, 0.15) is 29.5 Å². The number of hydrogen-bond donors (Lipinski definition) is 0. The monoisotopic (exact) mass is 1440 g/mol. The molecular weight excluding hydrogens is 1350 g/mol. The van der Waals surface area contributed by atoms with Crippen molar-refractivity contribution < 1.29 is 67.2 Å². The Hall–Kier alpha value is -7.99. The standard InChI is InChI=1S/C26H32N2O4S.C26H29NO5S.C25H29NO6S2/c1-25(2)21-15-18(23(29)17-26(3)11-13-33(31,32)14-12-26)9-10-22(21)28(24(25)30)20-8-6-7-19(16-20)27(4)5;1-17(28)18-6-5-7-20(14-18)27-22-9-8-19(15-21(22)25(2,3)24(27)30)23(29)16-26(4)10-12-33(31,32)13-11-26;1-24(2)20-14-17(22(27)16-25(3)10-12-34(31,32)13-11-25)8-9-21(20)26(23(24)28)18-6-5-7-19(15-18)33(4,29)30/h6-10,15-16H,11-14,17H2,1-5H3;5-9,14-15H,10-13,16H2,1-4H3;5-9,14-15H,10-13,16H2,1-4H3. The molecule has 3 fully saturated rings. The van der Waals surface area contributed by atoms with E-state index in [0.717, 1.165) is 34.4 Å². The quantitative estimate of drug-likeness (QED) is 0.0864. The second-order valence-corrected chi connectivity index (χ2v) is 39.9. The minimum Gasteiger partial charge on any atom is -0.378 e. The van der Waals surface area contributed by atoms with Gasteiger partial charge in [-0.3, -0.25) is 48.3 Å². The van der Waals surface area contributed by atoms with E-state index in [1.54, 1.807) is 103 Å². The van der Waals surface area contributed by atoms with Gasteiger partial charge >= 0.3 is 0 Å². The first-order chi connectivity index (χ1) is 46.3. The Kier molecular flexibility index (Phi) is 20.0. The summed E-state index contributed by atoms with van der Waals surface area (Å²) in [6, 6.07) is 37.1. The second kappa shape index (κ2) is 26.8. The lowest BCUT2D eigenvalue weighted by Gasteiger charge is -2.32. The number of hydrogen-bond acceptors (Lipinski definition) is 16. The molecule has 100 heavy (non-hydrogen) atoms. The van der Waals surface area contributed by atoms with Gasteiger partial charge in [-0.25, -0.2) is 33.7 Å². The molecule has 0 unspecified atom stereocenters. The Bertz CT molecular complexity index is 4840. The van der Waals surface area contributed by atoms with Gasteiger partial charge in [-0.1, -0.05) is 45.0 Å². The largest absolute Gasteiger partial charge is 0.378 e. The molecule has 0 aromatic heterocycles. The van der Waals surface area contributed by atoms with Gasteiger partial charge in [-0.15, -0.1) is 0 Å². The zero-order chi connectivity index (χ0) is 73.5. The second-order valence-electron chi connectivity index (χ2n) is 31.0. The number of nitrogens with zero attached hydrogens (tertiary/aromatic N) is 4. The predicted octanol–water partition coefficient (Wildman–Crippen LogP) is 13.0. The first kappa shape index (κ1) is 74.7. The highest BCUT2D eigenvalue weighted by molar-refractivity contribution is 7.92. The summed E-state index contributed by atoms with van der Waals surface area (Å²) in [6.45, 7) is 18.5. The van der Waals surface area contributed by atoms with Gasteiger partial charge in [-0.2, -0.15) is 0 Å². The van der Waals surface area contributed by atoms with Crippen molar-refractivity contribution in [3.05, 3.63) is 166 Å². The van der Waals surface area contributed by atoms with Crippen LogP contribution in [0.25, 0.3) is 0 Å². The van der Waals surface area contributed by atoms with E-state index in [9.17, 15) is 67.2 Å². The Morgan fingerprint density at radius 1 is 0.410 bits per heavy atom. The summed E-state index contributed by atoms with van der Waals surface area (Å²) in [4.78, 5) is 98.5. The molecule has 0 spiro atoms. The lowest BCUT2D eigenvalue weighted by atomic mass is 9.78. The summed E-state index contributed by atoms with van der Waals surface area (Å²) < 4.78 is 94.8. The predicted molar refractivity (Wildman–Crippen MR) is 391 cm³/mol. The molecule has 0 bridgehead atoms. The molecule has 6 heterocycles. The van der Waals surface area contributed by atoms with Crippen molar-refractivity contribution in [3.8, 4) is 0 Å². The molecule has 23 heteroatoms. The third-order valence-corrected chi connectivity index (χ3v) is 27.5. The topological polar surface area (TPSA) is 269 Å². The first-order valence-electron chi connectivity index (χ1n) is 33.7. The average molecular weight is 1440 g/mol. The molecule has 0 saturated carbocycles. The molecule has 3 amide bonds. The summed E-state index contributed by atoms with van der Waals surface area (Å²) in [6.07, 6.45) is 4.85. The van der Waals surface area contributed by atoms with E-state index in [4.69, 9.17) is 0 Å². The maximum Gasteiger partial charge on any atom is 0.241 e. The summed E-state index contributed by atoms with van der Waals surface area (Å²) in [5.41, 5.74) is 5.90. The van der Waals surface area contributed by atoms with E-state index < -0.39 is 55.6 Å². The molecule has 6 aromatic carbocycles. The van der Waals surface area contributed by atoms with Crippen LogP contribution < -0.4 is 19.6 Å². The average Bonchev–Trinajstić information content (AvgIpc) is 1.60. The van der Waals surface area contributed by atoms with Crippen molar-refractivity contribution in [1.29, 1.82) is 0 Å². The summed E-state index contributed by atoms with van der Waals surface area (Å²) in [7, 11) is -8.52. The number of benzene rings is 6. The molecule has 6 aliphatic heterocycles. The number of carbonyl (C=O) groups excluding carboxylic acids is 7. The van der Waals surface area contributed by atoms with Gasteiger partial charge in [0.2, 0.25) is 17.7 Å². The highest BCUT2D eigenvalue weighted by Crippen LogP contribution is 2.51. The van der Waals surface area contributed by atoms with Gasteiger partial charge in [0, 0.05) is 73.2 Å². The van der Waals surface area contributed by atoms with Crippen LogP contribution >= 0.6 is 0 Å². The lowest BCUT2D eigenvalue weighted by molar-refractivity contribution is -0.122. The number of fused-ring (bicyclic) bond motifs is 3. The highest BCUT2D eigenvalue weighted by Gasteiger charge is 2.49. The molecule has 0 radical (unpaired) electrons. The summed E-state index contributed by atoms with van der Waals surface area (Å²) in [5, 5.41) is 0. The molecular formula is C77H90N4O15S4. The van der Waals surface area contributed by atoms with Crippen molar-refractivity contribution >= 4 is 120 Å². The van der Waals surface area contributed by atoms with Crippen LogP contribution in [0.4, 0.5) is 39.8 Å². The van der Waals surface area contributed by atoms with Crippen molar-refractivity contribution in [3.63, 3.8) is 0 Å². The fraction of sp³-hybridized carbons (Fsp3) is 0.442. The minimum atomic E-state index is -3.44. The molecule has 0 aliphatic carbocycles. The number of Topliss-reactive ketones (excluding diaryl/α,β-unsaturated/α-hetero) is 4. The van der Waals surface area contributed by atoms with Crippen LogP contribution in [0.5, 0.6) is 0 Å². The van der Waals surface area contributed by atoms with Crippen molar-refractivity contribution in [2.45, 2.75) is 148 Å². The zero-order valence-electron chi connectivity index (χ0n) is 59.3. The van der Waals surface area contributed by atoms with Crippen LogP contribution in [0.3, 0.4) is 0 Å². The van der Waals surface area contributed by atoms with Gasteiger partial charge in [-0.05, 0) is 223 Å². The fourth-order valence-corrected chi connectivity index (χ4v) is 20.3. The third kappa shape index (κ3) is 15.3. The van der Waals surface area contributed by atoms with Crippen LogP contribution in [0.2, 0.25) is 0 Å². The lowest BCUT2D eigenvalue weighted by Crippen LogP contribution is -2.33. The van der Waals surface area contributed by atoms with Gasteiger partial charge < -0.3 is 4.90 Å². The van der Waals surface area contributed by atoms with Crippen LogP contribution in [0.1, 0.15) is 185 Å². The molecule has 532 valence electrons. The molecule has 0 N–H and O–H groups in total. The smallest absolute Gasteiger partial charge is 0.241 e. The maximum absolute atomic E-state index is 13.4. The zero-order valence-corrected chi connectivity index (χ0v) is 62.5. The van der Waals surface area contributed by atoms with Crippen LogP contribution in [0.15, 0.2) is 132 Å². The molecule has 12 rings (SSSR count). The number of rotatable bonds is 15. The third-order valence-electron chi connectivity index (χ3n) is 21.4. The first-order valence-corrected chi connectivity index (χ1v) is 41.0. The van der Waals surface area contributed by atoms with E-state index >= 15 is 0 Å². The summed E-state index contributed by atoms with van der Waals surface area (Å²) >= 11 is 0. The number of amides is 3. The Balaban J connectivity index is 0.000000162. The Labute approximate surface area is 588 Å². The number of sulfone groups is 4. The molecule has 19 nitrogen and oxygen atoms in total. The Morgan fingerprint density at radius 2 is 0.710 bits per heavy atom. The van der Waals surface area contributed by atoms with E-state index in [-0.39, 0.29) is 109 Å². The van der Waals surface area contributed by atoms with E-state index in [2.05, 4.69) is 0 Å². The normalized spacial score (nSPS) is 20.5. The maximum atomic E-state index is 13.4. The number of anilines is 7. The number of ketones is 4. The SMILES string of the molecule is CC(=O)c1cccc(N2C(=O)C(C)(C)c3cc(C(=O)CC4(C)CCS(=O)(=O)CC4)ccc32)c1.CC1(CC(=O)c2ccc3c(c2)C(C)(C)C(=O)N3c2cccc(S(C)(=O)=O)c2)CCS(=O)(=O)CC1.CN(C)c1cccc(N2C(=O)C(C)(C)c3cc(C(=O)CC4(C)CCS(=O)(=O)CC4)ccc32)c1. The molecule has 0 atom stereocenters. The molecule has 6 aromatic rings. The van der Waals surface area contributed by atoms with Gasteiger partial charge in [0.25, 0.3) is 0 Å². The van der Waals surface area contributed by atoms with Crippen molar-refractivity contribution in [2.75, 3.05) is 74.5 Å². The van der Waals surface area contributed by atoms with E-state index in [1.165, 1.54) is 24.0 Å². The summed E-state index contributed by atoms with van der Waals surface area (Å²) in [5.74, 6) is 0.181. The highest BCUT2D eigenvalue weighted by atomic mass is 32.2. The van der Waals surface area contributed by atoms with Crippen molar-refractivity contribution in [1.82, 2.24) is 0 Å². The Morgan fingerprint density at radius 3 is 1.02 bits per heavy atom. The van der Waals surface area contributed by atoms with E-state index in [0.29, 0.717) is 95.5 Å².